The number of nitrogens with zero attached hydrogens (tertiary/aromatic N) is 3. The molecule has 0 saturated carbocycles. The largest absolute Gasteiger partial charge is 0.339 e. The second-order valence-electron chi connectivity index (χ2n) is 5.32. The van der Waals surface area contributed by atoms with Crippen molar-refractivity contribution in [1.82, 2.24) is 14.8 Å². The maximum Gasteiger partial charge on any atom is 0.237 e. The van der Waals surface area contributed by atoms with E-state index in [1.807, 2.05) is 11.1 Å². The van der Waals surface area contributed by atoms with E-state index in [0.717, 1.165) is 44.2 Å². The van der Waals surface area contributed by atoms with Crippen LogP contribution in [0.1, 0.15) is 15.4 Å². The van der Waals surface area contributed by atoms with Gasteiger partial charge in [0, 0.05) is 43.7 Å². The van der Waals surface area contributed by atoms with Crippen molar-refractivity contribution in [3.8, 4) is 0 Å². The highest BCUT2D eigenvalue weighted by Crippen LogP contribution is 2.20. The van der Waals surface area contributed by atoms with Crippen molar-refractivity contribution < 1.29 is 4.79 Å². The highest BCUT2D eigenvalue weighted by atomic mass is 35.5. The van der Waals surface area contributed by atoms with E-state index >= 15 is 0 Å². The molecule has 1 amide bonds. The second kappa shape index (κ2) is 7.55. The van der Waals surface area contributed by atoms with Gasteiger partial charge in [0.15, 0.2) is 0 Å². The van der Waals surface area contributed by atoms with E-state index in [1.165, 1.54) is 10.4 Å². The summed E-state index contributed by atoms with van der Waals surface area (Å²) in [7, 11) is 0. The summed E-state index contributed by atoms with van der Waals surface area (Å²) in [5.74, 6) is 0.118. The van der Waals surface area contributed by atoms with Gasteiger partial charge in [-0.2, -0.15) is 11.3 Å². The Bertz CT molecular complexity index is 606. The zero-order valence-corrected chi connectivity index (χ0v) is 14.6. The van der Waals surface area contributed by atoms with Gasteiger partial charge in [0.05, 0.1) is 6.54 Å². The summed E-state index contributed by atoms with van der Waals surface area (Å²) in [6.07, 6.45) is 2.96. The van der Waals surface area contributed by atoms with Gasteiger partial charge in [-0.05, 0) is 22.4 Å². The van der Waals surface area contributed by atoms with E-state index in [1.54, 1.807) is 22.7 Å². The molecule has 1 saturated heterocycles. The first kappa shape index (κ1) is 15.9. The minimum Gasteiger partial charge on any atom is -0.339 e. The summed E-state index contributed by atoms with van der Waals surface area (Å²) in [6, 6.07) is 2.16. The summed E-state index contributed by atoms with van der Waals surface area (Å²) in [6.45, 7) is 4.18. The number of amides is 1. The molecule has 118 valence electrons. The van der Waals surface area contributed by atoms with Crippen LogP contribution in [0.15, 0.2) is 23.0 Å². The van der Waals surface area contributed by atoms with Crippen molar-refractivity contribution in [3.05, 3.63) is 38.5 Å². The zero-order valence-electron chi connectivity index (χ0n) is 12.2. The third kappa shape index (κ3) is 4.07. The van der Waals surface area contributed by atoms with Crippen molar-refractivity contribution >= 4 is 40.2 Å². The Morgan fingerprint density at radius 3 is 2.82 bits per heavy atom. The average Bonchev–Trinajstić information content (AvgIpc) is 3.20. The molecule has 0 aromatic carbocycles. The summed E-state index contributed by atoms with van der Waals surface area (Å²) in [4.78, 5) is 21.6. The van der Waals surface area contributed by atoms with Gasteiger partial charge >= 0.3 is 0 Å². The van der Waals surface area contributed by atoms with E-state index in [-0.39, 0.29) is 11.8 Å². The molecule has 1 fully saturated rings. The Morgan fingerprint density at radius 1 is 1.32 bits per heavy atom. The maximum absolute atomic E-state index is 11.6. The van der Waals surface area contributed by atoms with E-state index in [9.17, 15) is 4.79 Å². The number of thiophene rings is 1. The first-order chi connectivity index (χ1) is 10.7. The van der Waals surface area contributed by atoms with Gasteiger partial charge in [-0.25, -0.2) is 4.98 Å². The molecule has 0 unspecified atom stereocenters. The van der Waals surface area contributed by atoms with Crippen LogP contribution in [0, 0.1) is 0 Å². The Morgan fingerprint density at radius 2 is 2.14 bits per heavy atom. The number of aromatic nitrogens is 1. The monoisotopic (exact) mass is 355 g/mol. The Labute approximate surface area is 143 Å². The Hall–Kier alpha value is -0.950. The molecule has 2 aromatic heterocycles. The third-order valence-corrected chi connectivity index (χ3v) is 5.70. The Balaban J connectivity index is 1.50. The zero-order chi connectivity index (χ0) is 15.4. The van der Waals surface area contributed by atoms with Crippen LogP contribution in [-0.2, 0) is 17.8 Å². The second-order valence-corrected chi connectivity index (χ2v) is 7.57. The van der Waals surface area contributed by atoms with Crippen LogP contribution in [0.25, 0.3) is 0 Å². The third-order valence-electron chi connectivity index (χ3n) is 3.76. The minimum absolute atomic E-state index is 0.0358. The molecule has 0 aliphatic carbocycles. The molecule has 4 nitrogen and oxygen atoms in total. The van der Waals surface area contributed by atoms with Crippen LogP contribution >= 0.6 is 34.3 Å². The van der Waals surface area contributed by atoms with Crippen molar-refractivity contribution in [1.29, 1.82) is 0 Å². The molecule has 0 radical (unpaired) electrons. The number of alkyl halides is 1. The van der Waals surface area contributed by atoms with Crippen molar-refractivity contribution in [2.75, 3.05) is 32.1 Å². The SMILES string of the molecule is O=C(CCl)N1CCN(Cc2ncc(Cc3ccsc3)s2)CC1. The molecule has 0 atom stereocenters. The normalized spacial score (nSPS) is 16.1. The lowest BCUT2D eigenvalue weighted by atomic mass is 10.2. The van der Waals surface area contributed by atoms with Gasteiger partial charge < -0.3 is 4.90 Å². The van der Waals surface area contributed by atoms with E-state index in [4.69, 9.17) is 11.6 Å². The summed E-state index contributed by atoms with van der Waals surface area (Å²) in [5.41, 5.74) is 1.36. The van der Waals surface area contributed by atoms with Crippen LogP contribution in [0.5, 0.6) is 0 Å². The minimum atomic E-state index is 0.0358. The Kier molecular flexibility index (Phi) is 5.46. The summed E-state index contributed by atoms with van der Waals surface area (Å²) >= 11 is 9.12. The average molecular weight is 356 g/mol. The van der Waals surface area contributed by atoms with Gasteiger partial charge in [0.2, 0.25) is 5.91 Å². The summed E-state index contributed by atoms with van der Waals surface area (Å²) in [5, 5.41) is 5.45. The van der Waals surface area contributed by atoms with Gasteiger partial charge in [0.1, 0.15) is 10.9 Å². The lowest BCUT2D eigenvalue weighted by Crippen LogP contribution is -2.48. The first-order valence-corrected chi connectivity index (χ1v) is 9.54. The fraction of sp³-hybridized carbons (Fsp3) is 0.467. The van der Waals surface area contributed by atoms with Crippen LogP contribution in [0.4, 0.5) is 0 Å². The number of hydrogen-bond acceptors (Lipinski definition) is 5. The van der Waals surface area contributed by atoms with Gasteiger partial charge in [-0.15, -0.1) is 22.9 Å². The lowest BCUT2D eigenvalue weighted by Gasteiger charge is -2.33. The number of hydrogen-bond donors (Lipinski definition) is 0. The summed E-state index contributed by atoms with van der Waals surface area (Å²) < 4.78 is 0. The molecule has 3 heterocycles. The standard InChI is InChI=1S/C15H18ClN3OS2/c16-8-15(20)19-4-2-18(3-5-19)10-14-17-9-13(22-14)7-12-1-6-21-11-12/h1,6,9,11H,2-5,7-8,10H2. The molecule has 0 N–H and O–H groups in total. The number of carbonyl (C=O) groups is 1. The topological polar surface area (TPSA) is 36.4 Å². The number of carbonyl (C=O) groups excluding carboxylic acids is 1. The quantitative estimate of drug-likeness (QED) is 0.774. The van der Waals surface area contributed by atoms with Crippen LogP contribution in [0.3, 0.4) is 0 Å². The molecular formula is C15H18ClN3OS2. The number of thiazole rings is 1. The molecule has 2 aromatic rings. The molecule has 1 aliphatic rings. The van der Waals surface area contributed by atoms with E-state index < -0.39 is 0 Å². The lowest BCUT2D eigenvalue weighted by molar-refractivity contribution is -0.130. The predicted octanol–water partition coefficient (Wildman–Crippen LogP) is 2.68. The number of halogens is 1. The molecule has 0 bridgehead atoms. The van der Waals surface area contributed by atoms with E-state index in [2.05, 4.69) is 26.7 Å². The van der Waals surface area contributed by atoms with Gasteiger partial charge in [-0.1, -0.05) is 0 Å². The number of piperazine rings is 1. The maximum atomic E-state index is 11.6. The van der Waals surface area contributed by atoms with Crippen molar-refractivity contribution in [2.45, 2.75) is 13.0 Å². The van der Waals surface area contributed by atoms with Crippen LogP contribution < -0.4 is 0 Å². The first-order valence-electron chi connectivity index (χ1n) is 7.25. The van der Waals surface area contributed by atoms with Crippen LogP contribution in [-0.4, -0.2) is 52.8 Å². The highest BCUT2D eigenvalue weighted by molar-refractivity contribution is 7.11. The van der Waals surface area contributed by atoms with Gasteiger partial charge in [-0.3, -0.25) is 9.69 Å². The molecule has 1 aliphatic heterocycles. The fourth-order valence-electron chi connectivity index (χ4n) is 2.53. The van der Waals surface area contributed by atoms with Gasteiger partial charge in [0.25, 0.3) is 0 Å². The van der Waals surface area contributed by atoms with Crippen LogP contribution in [0.2, 0.25) is 0 Å². The molecular weight excluding hydrogens is 338 g/mol. The number of rotatable bonds is 5. The predicted molar refractivity (Wildman–Crippen MR) is 91.8 cm³/mol. The van der Waals surface area contributed by atoms with Crippen molar-refractivity contribution in [2.24, 2.45) is 0 Å². The molecule has 0 spiro atoms. The molecule has 3 rings (SSSR count). The molecule has 7 heteroatoms. The molecule has 22 heavy (non-hydrogen) atoms. The van der Waals surface area contributed by atoms with E-state index in [0.29, 0.717) is 0 Å². The smallest absolute Gasteiger partial charge is 0.237 e. The highest BCUT2D eigenvalue weighted by Gasteiger charge is 2.21. The van der Waals surface area contributed by atoms with Crippen molar-refractivity contribution in [3.63, 3.8) is 0 Å². The fourth-order valence-corrected chi connectivity index (χ4v) is 4.37.